The fourth-order valence-electron chi connectivity index (χ4n) is 2.24. The number of rotatable bonds is 4. The van der Waals surface area contributed by atoms with Gasteiger partial charge in [-0.05, 0) is 35.7 Å². The van der Waals surface area contributed by atoms with Crippen LogP contribution in [0.5, 0.6) is 0 Å². The van der Waals surface area contributed by atoms with Crippen LogP contribution < -0.4 is 0 Å². The van der Waals surface area contributed by atoms with Crippen molar-refractivity contribution in [2.45, 2.75) is 19.8 Å². The number of aromatic amines is 1. The van der Waals surface area contributed by atoms with Crippen LogP contribution >= 0.6 is 0 Å². The van der Waals surface area contributed by atoms with Crippen molar-refractivity contribution >= 4 is 0 Å². The number of aromatic nitrogens is 3. The second-order valence-electron chi connectivity index (χ2n) is 4.86. The van der Waals surface area contributed by atoms with E-state index in [2.05, 4.69) is 52.4 Å². The summed E-state index contributed by atoms with van der Waals surface area (Å²) in [5, 5.41) is 7.47. The largest absolute Gasteiger partial charge is 0.282 e. The van der Waals surface area contributed by atoms with Crippen LogP contribution in [0, 0.1) is 0 Å². The predicted molar refractivity (Wildman–Crippen MR) is 80.4 cm³/mol. The van der Waals surface area contributed by atoms with Crippen LogP contribution in [0.25, 0.3) is 11.3 Å². The molecule has 100 valence electrons. The minimum absolute atomic E-state index is 0.877. The zero-order chi connectivity index (χ0) is 13.8. The highest BCUT2D eigenvalue weighted by Crippen LogP contribution is 2.18. The molecular formula is C17H17N3. The van der Waals surface area contributed by atoms with Crippen molar-refractivity contribution in [2.75, 3.05) is 0 Å². The third-order valence-electron chi connectivity index (χ3n) is 3.43. The van der Waals surface area contributed by atoms with Crippen molar-refractivity contribution in [1.82, 2.24) is 15.2 Å². The minimum Gasteiger partial charge on any atom is -0.282 e. The lowest BCUT2D eigenvalue weighted by Gasteiger charge is -2.00. The van der Waals surface area contributed by atoms with Gasteiger partial charge in [0.05, 0.1) is 5.69 Å². The average molecular weight is 263 g/mol. The molecule has 0 aliphatic rings. The second-order valence-corrected chi connectivity index (χ2v) is 4.86. The Balaban J connectivity index is 1.77. The summed E-state index contributed by atoms with van der Waals surface area (Å²) in [5.41, 5.74) is 5.85. The topological polar surface area (TPSA) is 41.6 Å². The highest BCUT2D eigenvalue weighted by Gasteiger charge is 2.04. The first-order valence-corrected chi connectivity index (χ1v) is 6.87. The van der Waals surface area contributed by atoms with E-state index in [1.807, 2.05) is 12.1 Å². The number of benzene rings is 1. The quantitative estimate of drug-likeness (QED) is 0.781. The van der Waals surface area contributed by atoms with Crippen LogP contribution in [-0.4, -0.2) is 15.2 Å². The summed E-state index contributed by atoms with van der Waals surface area (Å²) in [6, 6.07) is 14.8. The van der Waals surface area contributed by atoms with E-state index < -0.39 is 0 Å². The Morgan fingerprint density at radius 3 is 2.35 bits per heavy atom. The van der Waals surface area contributed by atoms with E-state index >= 15 is 0 Å². The molecule has 0 unspecified atom stereocenters. The van der Waals surface area contributed by atoms with Crippen LogP contribution in [0.1, 0.15) is 23.7 Å². The molecule has 1 N–H and O–H groups in total. The Bertz CT molecular complexity index is 669. The number of nitrogens with one attached hydrogen (secondary N) is 1. The smallest absolute Gasteiger partial charge is 0.0924 e. The van der Waals surface area contributed by atoms with Crippen molar-refractivity contribution in [3.63, 3.8) is 0 Å². The summed E-state index contributed by atoms with van der Waals surface area (Å²) >= 11 is 0. The molecule has 3 nitrogen and oxygen atoms in total. The van der Waals surface area contributed by atoms with Crippen LogP contribution in [-0.2, 0) is 12.8 Å². The molecule has 3 heteroatoms. The minimum atomic E-state index is 0.877. The monoisotopic (exact) mass is 263 g/mol. The van der Waals surface area contributed by atoms with Crippen LogP contribution in [0.4, 0.5) is 0 Å². The molecule has 0 aliphatic heterocycles. The summed E-state index contributed by atoms with van der Waals surface area (Å²) in [7, 11) is 0. The lowest BCUT2D eigenvalue weighted by Crippen LogP contribution is -1.89. The maximum Gasteiger partial charge on any atom is 0.0924 e. The third kappa shape index (κ3) is 2.77. The Morgan fingerprint density at radius 1 is 0.950 bits per heavy atom. The van der Waals surface area contributed by atoms with Gasteiger partial charge in [-0.15, -0.1) is 0 Å². The fourth-order valence-corrected chi connectivity index (χ4v) is 2.24. The number of aryl methyl sites for hydroxylation is 1. The van der Waals surface area contributed by atoms with Crippen LogP contribution in [0.2, 0.25) is 0 Å². The fraction of sp³-hybridized carbons (Fsp3) is 0.176. The van der Waals surface area contributed by atoms with Crippen LogP contribution in [0.3, 0.4) is 0 Å². The van der Waals surface area contributed by atoms with E-state index in [1.54, 1.807) is 12.4 Å². The SMILES string of the molecule is CCc1ccc(Cc2cc(-c3ccncc3)n[nH]2)cc1. The van der Waals surface area contributed by atoms with Crippen molar-refractivity contribution in [2.24, 2.45) is 0 Å². The zero-order valence-electron chi connectivity index (χ0n) is 11.5. The molecule has 2 heterocycles. The van der Waals surface area contributed by atoms with Gasteiger partial charge in [0, 0.05) is 30.1 Å². The summed E-state index contributed by atoms with van der Waals surface area (Å²) in [5.74, 6) is 0. The molecule has 2 aromatic heterocycles. The van der Waals surface area contributed by atoms with Gasteiger partial charge in [0.1, 0.15) is 0 Å². The van der Waals surface area contributed by atoms with Gasteiger partial charge < -0.3 is 0 Å². The van der Waals surface area contributed by atoms with E-state index in [4.69, 9.17) is 0 Å². The maximum absolute atomic E-state index is 4.36. The average Bonchev–Trinajstić information content (AvgIpc) is 2.97. The molecule has 0 bridgehead atoms. The van der Waals surface area contributed by atoms with E-state index in [0.717, 1.165) is 29.8 Å². The van der Waals surface area contributed by atoms with Crippen LogP contribution in [0.15, 0.2) is 54.9 Å². The van der Waals surface area contributed by atoms with E-state index in [-0.39, 0.29) is 0 Å². The lowest BCUT2D eigenvalue weighted by molar-refractivity contribution is 0.996. The molecule has 0 radical (unpaired) electrons. The van der Waals surface area contributed by atoms with Gasteiger partial charge in [0.25, 0.3) is 0 Å². The molecule has 0 spiro atoms. The summed E-state index contributed by atoms with van der Waals surface area (Å²) in [4.78, 5) is 4.02. The van der Waals surface area contributed by atoms with Gasteiger partial charge in [-0.2, -0.15) is 5.10 Å². The number of hydrogen-bond acceptors (Lipinski definition) is 2. The first kappa shape index (κ1) is 12.6. The molecule has 3 aromatic rings. The number of pyridine rings is 1. The first-order valence-electron chi connectivity index (χ1n) is 6.87. The molecule has 0 saturated heterocycles. The highest BCUT2D eigenvalue weighted by atomic mass is 15.1. The first-order chi connectivity index (χ1) is 9.85. The van der Waals surface area contributed by atoms with E-state index in [1.165, 1.54) is 11.1 Å². The van der Waals surface area contributed by atoms with Gasteiger partial charge >= 0.3 is 0 Å². The molecule has 3 rings (SSSR count). The molecular weight excluding hydrogens is 246 g/mol. The van der Waals surface area contributed by atoms with Crippen molar-refractivity contribution < 1.29 is 0 Å². The molecule has 0 fully saturated rings. The second kappa shape index (κ2) is 5.70. The summed E-state index contributed by atoms with van der Waals surface area (Å²) in [6.45, 7) is 2.17. The molecule has 0 amide bonds. The molecule has 0 aliphatic carbocycles. The Kier molecular flexibility index (Phi) is 3.59. The Hall–Kier alpha value is -2.42. The number of hydrogen-bond donors (Lipinski definition) is 1. The number of H-pyrrole nitrogens is 1. The molecule has 1 aromatic carbocycles. The third-order valence-corrected chi connectivity index (χ3v) is 3.43. The lowest BCUT2D eigenvalue weighted by atomic mass is 10.1. The summed E-state index contributed by atoms with van der Waals surface area (Å²) in [6.07, 6.45) is 5.53. The van der Waals surface area contributed by atoms with Gasteiger partial charge in [0.15, 0.2) is 0 Å². The van der Waals surface area contributed by atoms with Gasteiger partial charge in [-0.3, -0.25) is 10.1 Å². The molecule has 0 atom stereocenters. The highest BCUT2D eigenvalue weighted by molar-refractivity contribution is 5.58. The van der Waals surface area contributed by atoms with Crippen molar-refractivity contribution in [3.8, 4) is 11.3 Å². The normalized spacial score (nSPS) is 10.7. The van der Waals surface area contributed by atoms with Gasteiger partial charge in [0.2, 0.25) is 0 Å². The Morgan fingerprint density at radius 2 is 1.65 bits per heavy atom. The van der Waals surface area contributed by atoms with Crippen molar-refractivity contribution in [1.29, 1.82) is 0 Å². The van der Waals surface area contributed by atoms with Gasteiger partial charge in [-0.1, -0.05) is 31.2 Å². The van der Waals surface area contributed by atoms with E-state index in [0.29, 0.717) is 0 Å². The standard InChI is InChI=1S/C17H17N3/c1-2-13-3-5-14(6-4-13)11-16-12-17(20-19-16)15-7-9-18-10-8-15/h3-10,12H,2,11H2,1H3,(H,19,20). The molecule has 20 heavy (non-hydrogen) atoms. The predicted octanol–water partition coefficient (Wildman–Crippen LogP) is 3.62. The van der Waals surface area contributed by atoms with Crippen molar-refractivity contribution in [3.05, 3.63) is 71.7 Å². The molecule has 0 saturated carbocycles. The number of nitrogens with zero attached hydrogens (tertiary/aromatic N) is 2. The van der Waals surface area contributed by atoms with E-state index in [9.17, 15) is 0 Å². The summed E-state index contributed by atoms with van der Waals surface area (Å²) < 4.78 is 0. The Labute approximate surface area is 118 Å². The maximum atomic E-state index is 4.36. The zero-order valence-corrected chi connectivity index (χ0v) is 11.5. The van der Waals surface area contributed by atoms with Gasteiger partial charge in [-0.25, -0.2) is 0 Å².